The number of fused-ring (bicyclic) bond motifs is 2. The average Bonchev–Trinajstić information content (AvgIpc) is 2.54. The molecule has 4 rings (SSSR count). The van der Waals surface area contributed by atoms with Crippen LogP contribution in [0.2, 0.25) is 0 Å². The molecule has 0 bridgehead atoms. The van der Waals surface area contributed by atoms with Gasteiger partial charge in [-0.05, 0) is 36.3 Å². The maximum atomic E-state index is 5.95. The highest BCUT2D eigenvalue weighted by Crippen LogP contribution is 2.32. The van der Waals surface area contributed by atoms with Crippen LogP contribution in [0.4, 0.5) is 0 Å². The molecule has 2 aromatic rings. The van der Waals surface area contributed by atoms with Crippen LogP contribution in [-0.2, 0) is 4.74 Å². The Hall–Kier alpha value is -2.75. The molecule has 4 heteroatoms. The number of hydrogen-bond acceptors (Lipinski definition) is 4. The summed E-state index contributed by atoms with van der Waals surface area (Å²) >= 11 is 0. The summed E-state index contributed by atoms with van der Waals surface area (Å²) in [6.45, 7) is 0. The van der Waals surface area contributed by atoms with Crippen molar-refractivity contribution in [2.75, 3.05) is 0 Å². The minimum atomic E-state index is 0.620. The summed E-state index contributed by atoms with van der Waals surface area (Å²) in [4.78, 5) is 12.5. The molecule has 0 spiro atoms. The fourth-order valence-corrected chi connectivity index (χ4v) is 2.31. The van der Waals surface area contributed by atoms with Crippen LogP contribution in [0.5, 0.6) is 0 Å². The molecule has 0 saturated heterocycles. The predicted octanol–water partition coefficient (Wildman–Crippen LogP) is 2.97. The highest BCUT2D eigenvalue weighted by molar-refractivity contribution is 5.86. The van der Waals surface area contributed by atoms with Gasteiger partial charge in [0.05, 0.1) is 0 Å². The van der Waals surface area contributed by atoms with E-state index in [1.165, 1.54) is 5.57 Å². The minimum absolute atomic E-state index is 0.620. The molecule has 3 heterocycles. The molecule has 2 aromatic heterocycles. The minimum Gasteiger partial charge on any atom is -0.455 e. The molecule has 0 atom stereocenters. The van der Waals surface area contributed by atoms with Crippen molar-refractivity contribution < 1.29 is 4.74 Å². The van der Waals surface area contributed by atoms with Crippen molar-refractivity contribution in [1.82, 2.24) is 15.0 Å². The Morgan fingerprint density at radius 2 is 2.10 bits per heavy atom. The van der Waals surface area contributed by atoms with Crippen molar-refractivity contribution in [3.05, 3.63) is 72.1 Å². The van der Waals surface area contributed by atoms with Gasteiger partial charge >= 0.3 is 0 Å². The summed E-state index contributed by atoms with van der Waals surface area (Å²) < 4.78 is 5.95. The van der Waals surface area contributed by atoms with E-state index in [-0.39, 0.29) is 0 Å². The van der Waals surface area contributed by atoms with Gasteiger partial charge in [0.25, 0.3) is 0 Å². The number of pyridine rings is 1. The Morgan fingerprint density at radius 3 is 3.10 bits per heavy atom. The molecule has 1 aliphatic carbocycles. The smallest absolute Gasteiger partial charge is 0.200 e. The molecule has 2 aliphatic rings. The molecule has 20 heavy (non-hydrogen) atoms. The highest BCUT2D eigenvalue weighted by atomic mass is 16.5. The lowest BCUT2D eigenvalue weighted by Crippen LogP contribution is -2.05. The van der Waals surface area contributed by atoms with E-state index < -0.39 is 0 Å². The molecule has 0 saturated carbocycles. The third kappa shape index (κ3) is 1.73. The fourth-order valence-electron chi connectivity index (χ4n) is 2.31. The molecule has 0 fully saturated rings. The van der Waals surface area contributed by atoms with Crippen molar-refractivity contribution in [1.29, 1.82) is 0 Å². The lowest BCUT2D eigenvalue weighted by Gasteiger charge is -2.20. The Kier molecular flexibility index (Phi) is 2.45. The predicted molar refractivity (Wildman–Crippen MR) is 75.2 cm³/mol. The Bertz CT molecular complexity index is 810. The summed E-state index contributed by atoms with van der Waals surface area (Å²) in [6, 6.07) is 3.80. The number of rotatable bonds is 1. The number of aromatic nitrogens is 3. The summed E-state index contributed by atoms with van der Waals surface area (Å²) in [7, 11) is 0. The lowest BCUT2D eigenvalue weighted by molar-refractivity contribution is 0.384. The van der Waals surface area contributed by atoms with Crippen LogP contribution >= 0.6 is 0 Å². The number of hydrogen-bond donors (Lipinski definition) is 0. The van der Waals surface area contributed by atoms with Gasteiger partial charge in [0.15, 0.2) is 11.4 Å². The van der Waals surface area contributed by atoms with Gasteiger partial charge < -0.3 is 4.74 Å². The zero-order valence-electron chi connectivity index (χ0n) is 10.6. The van der Waals surface area contributed by atoms with Crippen LogP contribution in [0.1, 0.15) is 12.1 Å². The normalized spacial score (nSPS) is 16.9. The lowest BCUT2D eigenvalue weighted by atomic mass is 10.0. The molecular weight excluding hydrogens is 250 g/mol. The van der Waals surface area contributed by atoms with Gasteiger partial charge in [0.1, 0.15) is 11.5 Å². The van der Waals surface area contributed by atoms with Gasteiger partial charge in [0, 0.05) is 11.6 Å². The van der Waals surface area contributed by atoms with Gasteiger partial charge in [0.2, 0.25) is 6.33 Å². The second-order valence-electron chi connectivity index (χ2n) is 4.53. The molecule has 4 nitrogen and oxygen atoms in total. The topological polar surface area (TPSA) is 47.9 Å². The Morgan fingerprint density at radius 1 is 1.10 bits per heavy atom. The monoisotopic (exact) mass is 260 g/mol. The molecule has 0 aromatic carbocycles. The van der Waals surface area contributed by atoms with Crippen LogP contribution in [0.3, 0.4) is 0 Å². The van der Waals surface area contributed by atoms with Crippen molar-refractivity contribution in [2.45, 2.75) is 6.42 Å². The molecular formula is C16H10N3O. The van der Waals surface area contributed by atoms with E-state index in [1.54, 1.807) is 6.20 Å². The van der Waals surface area contributed by atoms with Gasteiger partial charge in [-0.25, -0.2) is 15.0 Å². The first-order valence-corrected chi connectivity index (χ1v) is 6.37. The molecule has 95 valence electrons. The van der Waals surface area contributed by atoms with Crippen LogP contribution in [0.15, 0.2) is 60.0 Å². The quantitative estimate of drug-likeness (QED) is 0.791. The molecule has 0 unspecified atom stereocenters. The van der Waals surface area contributed by atoms with E-state index >= 15 is 0 Å². The number of allylic oxidation sites excluding steroid dienone is 6. The van der Waals surface area contributed by atoms with E-state index in [1.807, 2.05) is 30.4 Å². The average molecular weight is 260 g/mol. The standard InChI is InChI=1S/C16H10N3O/c1-2-6-13-11(4-1)7-8-14(20-13)15-12-5-3-9-17-16(12)19-10-18-15/h1-3,5-9H,4H2. The van der Waals surface area contributed by atoms with E-state index in [2.05, 4.69) is 33.4 Å². The molecule has 0 amide bonds. The third-order valence-electron chi connectivity index (χ3n) is 3.29. The maximum absolute atomic E-state index is 5.95. The molecule has 0 N–H and O–H groups in total. The van der Waals surface area contributed by atoms with Gasteiger partial charge in [-0.1, -0.05) is 18.2 Å². The van der Waals surface area contributed by atoms with Crippen LogP contribution in [-0.4, -0.2) is 15.0 Å². The first kappa shape index (κ1) is 11.1. The van der Waals surface area contributed by atoms with Crippen molar-refractivity contribution in [3.8, 4) is 0 Å². The summed E-state index contributed by atoms with van der Waals surface area (Å²) in [5.74, 6) is 1.58. The van der Waals surface area contributed by atoms with Crippen LogP contribution in [0.25, 0.3) is 16.8 Å². The van der Waals surface area contributed by atoms with E-state index in [9.17, 15) is 0 Å². The Labute approximate surface area is 115 Å². The van der Waals surface area contributed by atoms with E-state index in [4.69, 9.17) is 4.74 Å². The van der Waals surface area contributed by atoms with Crippen LogP contribution in [0, 0.1) is 6.33 Å². The van der Waals surface area contributed by atoms with Gasteiger partial charge in [-0.15, -0.1) is 0 Å². The zero-order valence-corrected chi connectivity index (χ0v) is 10.6. The summed E-state index contributed by atoms with van der Waals surface area (Å²) in [5, 5.41) is 0.862. The third-order valence-corrected chi connectivity index (χ3v) is 3.29. The Balaban J connectivity index is 1.85. The second-order valence-corrected chi connectivity index (χ2v) is 4.53. The zero-order chi connectivity index (χ0) is 13.4. The SMILES string of the molecule is [c]1nc(C2=CC=C3CC=CC=C3O2)c2cccnc2n1. The number of ether oxygens (including phenoxy) is 1. The van der Waals surface area contributed by atoms with Crippen molar-refractivity contribution in [2.24, 2.45) is 0 Å². The largest absolute Gasteiger partial charge is 0.455 e. The second kappa shape index (κ2) is 4.42. The summed E-state index contributed by atoms with van der Waals surface area (Å²) in [5.41, 5.74) is 2.51. The first-order chi connectivity index (χ1) is 9.92. The summed E-state index contributed by atoms with van der Waals surface area (Å²) in [6.07, 6.45) is 15.3. The van der Waals surface area contributed by atoms with Crippen molar-refractivity contribution >= 4 is 16.8 Å². The maximum Gasteiger partial charge on any atom is 0.200 e. The van der Waals surface area contributed by atoms with E-state index in [0.29, 0.717) is 17.1 Å². The first-order valence-electron chi connectivity index (χ1n) is 6.37. The van der Waals surface area contributed by atoms with Crippen molar-refractivity contribution in [3.63, 3.8) is 0 Å². The fraction of sp³-hybridized carbons (Fsp3) is 0.0625. The van der Waals surface area contributed by atoms with Gasteiger partial charge in [-0.3, -0.25) is 0 Å². The van der Waals surface area contributed by atoms with Crippen LogP contribution < -0.4 is 0 Å². The molecule has 1 aliphatic heterocycles. The highest BCUT2D eigenvalue weighted by Gasteiger charge is 2.18. The number of nitrogens with zero attached hydrogens (tertiary/aromatic N) is 3. The molecule has 1 radical (unpaired) electrons. The van der Waals surface area contributed by atoms with E-state index in [0.717, 1.165) is 17.6 Å². The van der Waals surface area contributed by atoms with Gasteiger partial charge in [-0.2, -0.15) is 0 Å².